The zero-order valence-corrected chi connectivity index (χ0v) is 12.6. The molecule has 1 unspecified atom stereocenters. The molecule has 0 aliphatic carbocycles. The molecule has 0 fully saturated rings. The molecule has 0 heterocycles. The Morgan fingerprint density at radius 3 is 2.56 bits per heavy atom. The van der Waals surface area contributed by atoms with Crippen molar-refractivity contribution in [2.24, 2.45) is 0 Å². The van der Waals surface area contributed by atoms with E-state index in [2.05, 4.69) is 48.8 Å². The zero-order chi connectivity index (χ0) is 13.1. The molecule has 18 heavy (non-hydrogen) atoms. The summed E-state index contributed by atoms with van der Waals surface area (Å²) in [5, 5.41) is 3.72. The minimum Gasteiger partial charge on any atom is -0.310 e. The molecule has 1 rings (SSSR count). The third-order valence-electron chi connectivity index (χ3n) is 3.21. The molecule has 0 spiro atoms. The molecule has 0 saturated carbocycles. The molecule has 2 heteroatoms. The average molecular weight is 265 g/mol. The SMILES string of the molecule is CCCCCC(NCCCSC)c1ccccc1. The monoisotopic (exact) mass is 265 g/mol. The van der Waals surface area contributed by atoms with Crippen molar-refractivity contribution in [2.45, 2.75) is 45.1 Å². The van der Waals surface area contributed by atoms with Crippen molar-refractivity contribution in [1.29, 1.82) is 0 Å². The lowest BCUT2D eigenvalue weighted by Crippen LogP contribution is -2.23. The van der Waals surface area contributed by atoms with Crippen LogP contribution in [0, 0.1) is 0 Å². The summed E-state index contributed by atoms with van der Waals surface area (Å²) in [7, 11) is 0. The third kappa shape index (κ3) is 6.46. The Morgan fingerprint density at radius 2 is 1.89 bits per heavy atom. The quantitative estimate of drug-likeness (QED) is 0.618. The highest BCUT2D eigenvalue weighted by Gasteiger charge is 2.09. The van der Waals surface area contributed by atoms with E-state index in [1.165, 1.54) is 43.4 Å². The normalized spacial score (nSPS) is 12.6. The Bertz CT molecular complexity index is 286. The van der Waals surface area contributed by atoms with Gasteiger partial charge in [0.2, 0.25) is 0 Å². The van der Waals surface area contributed by atoms with Gasteiger partial charge in [-0.05, 0) is 37.0 Å². The van der Waals surface area contributed by atoms with E-state index in [9.17, 15) is 0 Å². The fourth-order valence-electron chi connectivity index (χ4n) is 2.16. The molecule has 1 N–H and O–H groups in total. The molecule has 0 amide bonds. The largest absolute Gasteiger partial charge is 0.310 e. The number of rotatable bonds is 10. The number of hydrogen-bond acceptors (Lipinski definition) is 2. The third-order valence-corrected chi connectivity index (χ3v) is 3.91. The number of nitrogens with one attached hydrogen (secondary N) is 1. The fourth-order valence-corrected chi connectivity index (χ4v) is 2.60. The van der Waals surface area contributed by atoms with Crippen molar-refractivity contribution >= 4 is 11.8 Å². The van der Waals surface area contributed by atoms with Crippen molar-refractivity contribution < 1.29 is 0 Å². The molecule has 1 atom stereocenters. The van der Waals surface area contributed by atoms with Gasteiger partial charge in [-0.1, -0.05) is 56.5 Å². The van der Waals surface area contributed by atoms with Crippen LogP contribution in [0.1, 0.15) is 50.6 Å². The summed E-state index contributed by atoms with van der Waals surface area (Å²) in [6, 6.07) is 11.4. The molecule has 102 valence electrons. The van der Waals surface area contributed by atoms with Gasteiger partial charge < -0.3 is 5.32 Å². The zero-order valence-electron chi connectivity index (χ0n) is 11.8. The molecule has 0 aliphatic rings. The van der Waals surface area contributed by atoms with Crippen molar-refractivity contribution in [1.82, 2.24) is 5.32 Å². The lowest BCUT2D eigenvalue weighted by atomic mass is 10.0. The first-order valence-electron chi connectivity index (χ1n) is 7.15. The Hall–Kier alpha value is -0.470. The lowest BCUT2D eigenvalue weighted by Gasteiger charge is -2.19. The van der Waals surface area contributed by atoms with Gasteiger partial charge in [0.05, 0.1) is 0 Å². The van der Waals surface area contributed by atoms with Gasteiger partial charge in [0.25, 0.3) is 0 Å². The second-order valence-corrected chi connectivity index (χ2v) is 5.75. The Morgan fingerprint density at radius 1 is 1.11 bits per heavy atom. The van der Waals surface area contributed by atoms with Gasteiger partial charge in [-0.15, -0.1) is 0 Å². The first kappa shape index (κ1) is 15.6. The smallest absolute Gasteiger partial charge is 0.0320 e. The van der Waals surface area contributed by atoms with Crippen LogP contribution < -0.4 is 5.32 Å². The summed E-state index contributed by atoms with van der Waals surface area (Å²) in [4.78, 5) is 0. The molecule has 0 saturated heterocycles. The standard InChI is InChI=1S/C16H27NS/c1-3-4-6-12-16(17-13-9-14-18-2)15-10-7-5-8-11-15/h5,7-8,10-11,16-17H,3-4,6,9,12-14H2,1-2H3. The van der Waals surface area contributed by atoms with Crippen LogP contribution in [0.4, 0.5) is 0 Å². The van der Waals surface area contributed by atoms with Crippen molar-refractivity contribution in [3.05, 3.63) is 35.9 Å². The van der Waals surface area contributed by atoms with Crippen molar-refractivity contribution in [3.8, 4) is 0 Å². The van der Waals surface area contributed by atoms with Crippen LogP contribution >= 0.6 is 11.8 Å². The van der Waals surface area contributed by atoms with E-state index in [1.54, 1.807) is 0 Å². The van der Waals surface area contributed by atoms with Gasteiger partial charge in [-0.25, -0.2) is 0 Å². The molecule has 0 aliphatic heterocycles. The predicted molar refractivity (Wildman–Crippen MR) is 84.3 cm³/mol. The summed E-state index contributed by atoms with van der Waals surface area (Å²) in [5.41, 5.74) is 1.44. The first-order chi connectivity index (χ1) is 8.88. The van der Waals surface area contributed by atoms with Crippen LogP contribution in [0.3, 0.4) is 0 Å². The molecule has 0 aromatic heterocycles. The van der Waals surface area contributed by atoms with Gasteiger partial charge in [0, 0.05) is 6.04 Å². The van der Waals surface area contributed by atoms with Gasteiger partial charge in [0.15, 0.2) is 0 Å². The van der Waals surface area contributed by atoms with E-state index in [-0.39, 0.29) is 0 Å². The first-order valence-corrected chi connectivity index (χ1v) is 8.55. The lowest BCUT2D eigenvalue weighted by molar-refractivity contribution is 0.475. The summed E-state index contributed by atoms with van der Waals surface area (Å²) in [5.74, 6) is 1.25. The second-order valence-electron chi connectivity index (χ2n) is 4.76. The molecule has 0 bridgehead atoms. The topological polar surface area (TPSA) is 12.0 Å². The molecule has 1 aromatic rings. The van der Waals surface area contributed by atoms with Crippen molar-refractivity contribution in [3.63, 3.8) is 0 Å². The minimum atomic E-state index is 0.541. The highest BCUT2D eigenvalue weighted by molar-refractivity contribution is 7.98. The van der Waals surface area contributed by atoms with Crippen LogP contribution in [0.15, 0.2) is 30.3 Å². The molecular weight excluding hydrogens is 238 g/mol. The van der Waals surface area contributed by atoms with Crippen LogP contribution in [-0.2, 0) is 0 Å². The Labute approximate surface area is 117 Å². The van der Waals surface area contributed by atoms with Crippen LogP contribution in [0.25, 0.3) is 0 Å². The molecule has 1 aromatic carbocycles. The van der Waals surface area contributed by atoms with E-state index in [1.807, 2.05) is 11.8 Å². The fraction of sp³-hybridized carbons (Fsp3) is 0.625. The van der Waals surface area contributed by atoms with Crippen LogP contribution in [0.5, 0.6) is 0 Å². The average Bonchev–Trinajstić information content (AvgIpc) is 2.42. The van der Waals surface area contributed by atoms with E-state index in [0.717, 1.165) is 6.54 Å². The van der Waals surface area contributed by atoms with Crippen molar-refractivity contribution in [2.75, 3.05) is 18.6 Å². The maximum atomic E-state index is 3.72. The summed E-state index contributed by atoms with van der Waals surface area (Å²) >= 11 is 1.93. The highest BCUT2D eigenvalue weighted by atomic mass is 32.2. The van der Waals surface area contributed by atoms with E-state index in [0.29, 0.717) is 6.04 Å². The minimum absolute atomic E-state index is 0.541. The summed E-state index contributed by atoms with van der Waals surface area (Å²) in [6.45, 7) is 3.40. The van der Waals surface area contributed by atoms with Gasteiger partial charge >= 0.3 is 0 Å². The highest BCUT2D eigenvalue weighted by Crippen LogP contribution is 2.19. The summed E-state index contributed by atoms with van der Waals surface area (Å²) in [6.07, 6.45) is 8.67. The van der Waals surface area contributed by atoms with E-state index < -0.39 is 0 Å². The number of hydrogen-bond donors (Lipinski definition) is 1. The summed E-state index contributed by atoms with van der Waals surface area (Å²) < 4.78 is 0. The molecule has 1 nitrogen and oxygen atoms in total. The molecule has 0 radical (unpaired) electrons. The van der Waals surface area contributed by atoms with Crippen LogP contribution in [0.2, 0.25) is 0 Å². The number of thioether (sulfide) groups is 1. The maximum absolute atomic E-state index is 3.72. The van der Waals surface area contributed by atoms with Crippen LogP contribution in [-0.4, -0.2) is 18.6 Å². The second kappa shape index (κ2) is 10.5. The number of benzene rings is 1. The Balaban J connectivity index is 2.42. The van der Waals surface area contributed by atoms with Gasteiger partial charge in [-0.3, -0.25) is 0 Å². The van der Waals surface area contributed by atoms with E-state index in [4.69, 9.17) is 0 Å². The van der Waals surface area contributed by atoms with Gasteiger partial charge in [-0.2, -0.15) is 11.8 Å². The number of unbranched alkanes of at least 4 members (excludes halogenated alkanes) is 2. The Kier molecular flexibility index (Phi) is 9.05. The molecular formula is C16H27NS. The predicted octanol–water partition coefficient (Wildman–Crippen LogP) is 4.65. The van der Waals surface area contributed by atoms with Gasteiger partial charge in [0.1, 0.15) is 0 Å². The maximum Gasteiger partial charge on any atom is 0.0320 e. The van der Waals surface area contributed by atoms with E-state index >= 15 is 0 Å².